The van der Waals surface area contributed by atoms with Crippen LogP contribution in [0.3, 0.4) is 0 Å². The maximum Gasteiger partial charge on any atom is 0.257 e. The first-order chi connectivity index (χ1) is 14.0. The lowest BCUT2D eigenvalue weighted by atomic mass is 9.87. The van der Waals surface area contributed by atoms with E-state index in [2.05, 4.69) is 10.6 Å². The second-order valence-corrected chi connectivity index (χ2v) is 9.60. The van der Waals surface area contributed by atoms with Crippen LogP contribution in [0.2, 0.25) is 0 Å². The second kappa shape index (κ2) is 7.99. The van der Waals surface area contributed by atoms with Gasteiger partial charge in [-0.2, -0.15) is 0 Å². The van der Waals surface area contributed by atoms with E-state index in [0.717, 1.165) is 6.42 Å². The maximum absolute atomic E-state index is 13.0. The fourth-order valence-electron chi connectivity index (χ4n) is 4.17. The van der Waals surface area contributed by atoms with E-state index >= 15 is 0 Å². The van der Waals surface area contributed by atoms with Crippen LogP contribution in [0.1, 0.15) is 59.2 Å². The number of hydrogen-bond donors (Lipinski definition) is 2. The highest BCUT2D eigenvalue weighted by atomic mass is 32.2. The number of rotatable bonds is 4. The highest BCUT2D eigenvalue weighted by molar-refractivity contribution is 7.91. The van der Waals surface area contributed by atoms with Crippen molar-refractivity contribution in [2.45, 2.75) is 48.3 Å². The summed E-state index contributed by atoms with van der Waals surface area (Å²) < 4.78 is 26.0. The van der Waals surface area contributed by atoms with E-state index in [0.29, 0.717) is 18.0 Å². The van der Waals surface area contributed by atoms with Gasteiger partial charge in [0.15, 0.2) is 0 Å². The molecule has 29 heavy (non-hydrogen) atoms. The molecule has 0 saturated heterocycles. The monoisotopic (exact) mass is 412 g/mol. The third kappa shape index (κ3) is 3.92. The van der Waals surface area contributed by atoms with E-state index in [-0.39, 0.29) is 26.9 Å². The molecule has 0 spiro atoms. The van der Waals surface area contributed by atoms with E-state index in [1.807, 2.05) is 0 Å². The van der Waals surface area contributed by atoms with Crippen molar-refractivity contribution < 1.29 is 18.0 Å². The minimum atomic E-state index is -3.86. The minimum absolute atomic E-state index is 0.00504. The van der Waals surface area contributed by atoms with Gasteiger partial charge in [0, 0.05) is 12.1 Å². The lowest BCUT2D eigenvalue weighted by Crippen LogP contribution is -2.26. The van der Waals surface area contributed by atoms with Crippen LogP contribution < -0.4 is 10.6 Å². The summed E-state index contributed by atoms with van der Waals surface area (Å²) in [6.07, 6.45) is 7.23. The van der Waals surface area contributed by atoms with Crippen LogP contribution in [0, 0.1) is 5.92 Å². The van der Waals surface area contributed by atoms with Crippen molar-refractivity contribution in [1.82, 2.24) is 5.32 Å². The Kier molecular flexibility index (Phi) is 5.41. The van der Waals surface area contributed by atoms with Crippen molar-refractivity contribution in [3.8, 4) is 0 Å². The predicted octanol–water partition coefficient (Wildman–Crippen LogP) is 3.79. The van der Waals surface area contributed by atoms with Gasteiger partial charge in [-0.1, -0.05) is 44.2 Å². The first kappa shape index (κ1) is 19.6. The smallest absolute Gasteiger partial charge is 0.257 e. The van der Waals surface area contributed by atoms with Gasteiger partial charge in [-0.15, -0.1) is 0 Å². The van der Waals surface area contributed by atoms with E-state index in [1.165, 1.54) is 62.4 Å². The van der Waals surface area contributed by atoms with Crippen LogP contribution in [0.5, 0.6) is 0 Å². The van der Waals surface area contributed by atoms with E-state index in [9.17, 15) is 18.0 Å². The molecule has 1 aliphatic carbocycles. The summed E-state index contributed by atoms with van der Waals surface area (Å²) in [5, 5.41) is 5.56. The van der Waals surface area contributed by atoms with Gasteiger partial charge in [-0.3, -0.25) is 9.59 Å². The van der Waals surface area contributed by atoms with E-state index in [1.54, 1.807) is 12.1 Å². The average molecular weight is 413 g/mol. The number of sulfone groups is 1. The van der Waals surface area contributed by atoms with Crippen molar-refractivity contribution in [3.05, 3.63) is 53.6 Å². The van der Waals surface area contributed by atoms with Gasteiger partial charge >= 0.3 is 0 Å². The Morgan fingerprint density at radius 3 is 2.59 bits per heavy atom. The predicted molar refractivity (Wildman–Crippen MR) is 110 cm³/mol. The van der Waals surface area contributed by atoms with Crippen LogP contribution in [0.25, 0.3) is 0 Å². The Balaban J connectivity index is 1.54. The summed E-state index contributed by atoms with van der Waals surface area (Å²) >= 11 is 0. The minimum Gasteiger partial charge on any atom is -0.352 e. The molecule has 0 atom stereocenters. The van der Waals surface area contributed by atoms with Crippen LogP contribution in [0.15, 0.2) is 52.3 Å². The van der Waals surface area contributed by atoms with Crippen molar-refractivity contribution in [1.29, 1.82) is 0 Å². The van der Waals surface area contributed by atoms with Gasteiger partial charge < -0.3 is 10.6 Å². The number of fused-ring (bicyclic) bond motifs is 2. The highest BCUT2D eigenvalue weighted by Crippen LogP contribution is 2.34. The third-order valence-electron chi connectivity index (χ3n) is 5.76. The van der Waals surface area contributed by atoms with Crippen molar-refractivity contribution in [2.75, 3.05) is 11.9 Å². The third-order valence-corrected chi connectivity index (χ3v) is 7.63. The number of benzene rings is 2. The molecule has 1 saturated carbocycles. The molecular formula is C22H24N2O4S. The Hall–Kier alpha value is -2.67. The zero-order chi connectivity index (χ0) is 20.4. The largest absolute Gasteiger partial charge is 0.352 e. The second-order valence-electron chi connectivity index (χ2n) is 7.71. The molecule has 0 bridgehead atoms. The number of anilines is 1. The highest BCUT2D eigenvalue weighted by Gasteiger charge is 2.31. The van der Waals surface area contributed by atoms with Gasteiger partial charge in [0.1, 0.15) is 0 Å². The molecule has 2 aromatic rings. The van der Waals surface area contributed by atoms with Crippen LogP contribution in [-0.4, -0.2) is 26.8 Å². The Labute approximate surface area is 170 Å². The molecule has 0 radical (unpaired) electrons. The summed E-state index contributed by atoms with van der Waals surface area (Å²) in [5.74, 6) is -0.103. The average Bonchev–Trinajstić information content (AvgIpc) is 2.81. The lowest BCUT2D eigenvalue weighted by Gasteiger charge is -2.21. The lowest BCUT2D eigenvalue weighted by molar-refractivity contribution is 0.0948. The molecular weight excluding hydrogens is 388 g/mol. The molecule has 0 aromatic heterocycles. The molecule has 4 rings (SSSR count). The SMILES string of the molecule is O=C(NCCC1CCCCC1)c1ccc2c(c1)NC(=O)c1ccccc1S2(=O)=O. The molecule has 2 amide bonds. The molecule has 7 heteroatoms. The maximum atomic E-state index is 13.0. The van der Waals surface area contributed by atoms with Crippen LogP contribution >= 0.6 is 0 Å². The molecule has 2 aromatic carbocycles. The molecule has 2 N–H and O–H groups in total. The Morgan fingerprint density at radius 1 is 1.03 bits per heavy atom. The van der Waals surface area contributed by atoms with Gasteiger partial charge in [0.25, 0.3) is 11.8 Å². The van der Waals surface area contributed by atoms with Gasteiger partial charge in [-0.05, 0) is 42.7 Å². The summed E-state index contributed by atoms with van der Waals surface area (Å²) in [7, 11) is -3.86. The summed E-state index contributed by atoms with van der Waals surface area (Å²) in [4.78, 5) is 25.0. The summed E-state index contributed by atoms with van der Waals surface area (Å²) in [6, 6.07) is 10.4. The molecule has 0 unspecified atom stereocenters. The number of hydrogen-bond acceptors (Lipinski definition) is 4. The molecule has 1 aliphatic heterocycles. The van der Waals surface area contributed by atoms with Crippen molar-refractivity contribution >= 4 is 27.3 Å². The first-order valence-electron chi connectivity index (χ1n) is 10.0. The molecule has 152 valence electrons. The van der Waals surface area contributed by atoms with E-state index in [4.69, 9.17) is 0 Å². The number of carbonyl (C=O) groups is 2. The first-order valence-corrected chi connectivity index (χ1v) is 11.5. The zero-order valence-corrected chi connectivity index (χ0v) is 16.9. The molecule has 2 aliphatic rings. The number of amides is 2. The van der Waals surface area contributed by atoms with Crippen LogP contribution in [-0.2, 0) is 9.84 Å². The van der Waals surface area contributed by atoms with Gasteiger partial charge in [0.05, 0.1) is 21.0 Å². The zero-order valence-electron chi connectivity index (χ0n) is 16.1. The topological polar surface area (TPSA) is 92.3 Å². The fourth-order valence-corrected chi connectivity index (χ4v) is 5.76. The Morgan fingerprint density at radius 2 is 1.79 bits per heavy atom. The Bertz CT molecular complexity index is 1060. The summed E-state index contributed by atoms with van der Waals surface area (Å²) in [5.41, 5.74) is 0.558. The quantitative estimate of drug-likeness (QED) is 0.799. The van der Waals surface area contributed by atoms with Crippen LogP contribution in [0.4, 0.5) is 5.69 Å². The standard InChI is InChI=1S/C22H24N2O4S/c25-21(23-13-12-15-6-2-1-3-7-15)16-10-11-20-18(14-16)24-22(26)17-8-4-5-9-19(17)29(20,27)28/h4-5,8-11,14-15H,1-3,6-7,12-13H2,(H,23,25)(H,24,26). The van der Waals surface area contributed by atoms with E-state index < -0.39 is 15.7 Å². The molecule has 1 fully saturated rings. The number of nitrogens with one attached hydrogen (secondary N) is 2. The van der Waals surface area contributed by atoms with Crippen molar-refractivity contribution in [3.63, 3.8) is 0 Å². The molecule has 1 heterocycles. The summed E-state index contributed by atoms with van der Waals surface area (Å²) in [6.45, 7) is 0.594. The number of carbonyl (C=O) groups excluding carboxylic acids is 2. The van der Waals surface area contributed by atoms with Crippen molar-refractivity contribution in [2.24, 2.45) is 5.92 Å². The fraction of sp³-hybridized carbons (Fsp3) is 0.364. The normalized spacial score (nSPS) is 18.1. The van der Waals surface area contributed by atoms with Gasteiger partial charge in [0.2, 0.25) is 9.84 Å². The van der Waals surface area contributed by atoms with Gasteiger partial charge in [-0.25, -0.2) is 8.42 Å². The molecule has 6 nitrogen and oxygen atoms in total.